The van der Waals surface area contributed by atoms with Crippen LogP contribution in [0.3, 0.4) is 0 Å². The van der Waals surface area contributed by atoms with E-state index in [1.165, 1.54) is 13.2 Å². The first-order valence-corrected chi connectivity index (χ1v) is 5.27. The van der Waals surface area contributed by atoms with E-state index < -0.39 is 5.82 Å². The third-order valence-corrected chi connectivity index (χ3v) is 2.41. The minimum Gasteiger partial charge on any atom is -0.504 e. The summed E-state index contributed by atoms with van der Waals surface area (Å²) in [6.45, 7) is 4.04. The van der Waals surface area contributed by atoms with Gasteiger partial charge < -0.3 is 15.6 Å². The lowest BCUT2D eigenvalue weighted by atomic mass is 9.97. The van der Waals surface area contributed by atoms with Gasteiger partial charge in [-0.15, -0.1) is 12.4 Å². The van der Waals surface area contributed by atoms with Gasteiger partial charge in [-0.2, -0.15) is 0 Å². The van der Waals surface area contributed by atoms with E-state index in [9.17, 15) is 9.50 Å². The van der Waals surface area contributed by atoms with E-state index in [0.717, 1.165) is 6.07 Å². The Hall–Kier alpha value is -1.00. The quantitative estimate of drug-likeness (QED) is 0.878. The first kappa shape index (κ1) is 16.0. The minimum atomic E-state index is -0.455. The average molecular weight is 264 g/mol. The number of benzene rings is 1. The maximum Gasteiger partial charge on any atom is 0.163 e. The molecule has 0 aromatic heterocycles. The van der Waals surface area contributed by atoms with Crippen molar-refractivity contribution in [1.29, 1.82) is 0 Å². The molecule has 0 aliphatic heterocycles. The van der Waals surface area contributed by atoms with Crippen molar-refractivity contribution < 1.29 is 14.2 Å². The second-order valence-electron chi connectivity index (χ2n) is 4.28. The van der Waals surface area contributed by atoms with Gasteiger partial charge in [0.15, 0.2) is 11.5 Å². The molecule has 0 aliphatic rings. The van der Waals surface area contributed by atoms with Crippen LogP contribution in [0, 0.1) is 11.7 Å². The van der Waals surface area contributed by atoms with Gasteiger partial charge in [-0.25, -0.2) is 4.39 Å². The van der Waals surface area contributed by atoms with Crippen LogP contribution in [0.25, 0.3) is 0 Å². The number of methoxy groups -OCH3 is 1. The van der Waals surface area contributed by atoms with Crippen molar-refractivity contribution in [2.75, 3.05) is 7.11 Å². The average Bonchev–Trinajstić information content (AvgIpc) is 2.19. The summed E-state index contributed by atoms with van der Waals surface area (Å²) in [4.78, 5) is 0. The Morgan fingerprint density at radius 2 is 2.00 bits per heavy atom. The van der Waals surface area contributed by atoms with Crippen LogP contribution in [0.1, 0.15) is 31.9 Å². The molecule has 0 saturated heterocycles. The molecule has 0 amide bonds. The molecule has 0 fully saturated rings. The monoisotopic (exact) mass is 263 g/mol. The summed E-state index contributed by atoms with van der Waals surface area (Å²) in [5.74, 6) is -0.0289. The number of ether oxygens (including phenoxy) is 1. The van der Waals surface area contributed by atoms with Crippen LogP contribution in [0.5, 0.6) is 11.5 Å². The molecule has 1 aromatic carbocycles. The van der Waals surface area contributed by atoms with E-state index in [0.29, 0.717) is 17.9 Å². The van der Waals surface area contributed by atoms with Crippen LogP contribution in [0.4, 0.5) is 4.39 Å². The fraction of sp³-hybridized carbons (Fsp3) is 0.500. The largest absolute Gasteiger partial charge is 0.504 e. The zero-order valence-corrected chi connectivity index (χ0v) is 11.1. The topological polar surface area (TPSA) is 55.5 Å². The molecule has 1 atom stereocenters. The lowest BCUT2D eigenvalue weighted by molar-refractivity contribution is 0.362. The maximum atomic E-state index is 13.2. The zero-order chi connectivity index (χ0) is 12.3. The van der Waals surface area contributed by atoms with Gasteiger partial charge >= 0.3 is 0 Å². The van der Waals surface area contributed by atoms with Crippen molar-refractivity contribution in [3.05, 3.63) is 23.5 Å². The Morgan fingerprint density at radius 1 is 1.41 bits per heavy atom. The Kier molecular flexibility index (Phi) is 6.27. The van der Waals surface area contributed by atoms with E-state index in [-0.39, 0.29) is 29.9 Å². The minimum absolute atomic E-state index is 0. The number of hydrogen-bond donors (Lipinski definition) is 2. The molecular weight excluding hydrogens is 245 g/mol. The fourth-order valence-corrected chi connectivity index (χ4v) is 1.67. The molecule has 0 heterocycles. The lowest BCUT2D eigenvalue weighted by Gasteiger charge is -2.17. The second-order valence-corrected chi connectivity index (χ2v) is 4.28. The Labute approximate surface area is 107 Å². The van der Waals surface area contributed by atoms with Crippen molar-refractivity contribution in [1.82, 2.24) is 0 Å². The standard InChI is InChI=1S/C12H18FNO2.ClH/c1-7(2)4-10(14)9-5-8(13)6-11(16-3)12(9)15;/h5-7,10,15H,4,14H2,1-3H3;1H/t10-;/m1./s1. The molecular formula is C12H19ClFNO2. The van der Waals surface area contributed by atoms with Crippen LogP contribution >= 0.6 is 12.4 Å². The van der Waals surface area contributed by atoms with Gasteiger partial charge in [0.25, 0.3) is 0 Å². The van der Waals surface area contributed by atoms with Crippen LogP contribution in [-0.4, -0.2) is 12.2 Å². The first-order valence-electron chi connectivity index (χ1n) is 5.27. The molecule has 3 N–H and O–H groups in total. The third kappa shape index (κ3) is 4.06. The number of rotatable bonds is 4. The van der Waals surface area contributed by atoms with Crippen molar-refractivity contribution in [3.8, 4) is 11.5 Å². The van der Waals surface area contributed by atoms with Gasteiger partial charge in [0.1, 0.15) is 5.82 Å². The Morgan fingerprint density at radius 3 is 2.47 bits per heavy atom. The van der Waals surface area contributed by atoms with E-state index in [4.69, 9.17) is 10.5 Å². The molecule has 1 rings (SSSR count). The molecule has 0 spiro atoms. The van der Waals surface area contributed by atoms with Gasteiger partial charge in [0.2, 0.25) is 0 Å². The lowest BCUT2D eigenvalue weighted by Crippen LogP contribution is -2.13. The number of phenols is 1. The molecule has 0 unspecified atom stereocenters. The smallest absolute Gasteiger partial charge is 0.163 e. The van der Waals surface area contributed by atoms with Crippen molar-refractivity contribution in [2.24, 2.45) is 11.7 Å². The summed E-state index contributed by atoms with van der Waals surface area (Å²) < 4.78 is 18.1. The summed E-state index contributed by atoms with van der Waals surface area (Å²) in [7, 11) is 1.38. The van der Waals surface area contributed by atoms with Gasteiger partial charge in [0, 0.05) is 17.7 Å². The fourth-order valence-electron chi connectivity index (χ4n) is 1.67. The van der Waals surface area contributed by atoms with Crippen molar-refractivity contribution >= 4 is 12.4 Å². The van der Waals surface area contributed by atoms with E-state index in [2.05, 4.69) is 0 Å². The second kappa shape index (κ2) is 6.67. The van der Waals surface area contributed by atoms with Crippen LogP contribution in [0.15, 0.2) is 12.1 Å². The molecule has 5 heteroatoms. The summed E-state index contributed by atoms with van der Waals surface area (Å²) in [5, 5.41) is 9.82. The highest BCUT2D eigenvalue weighted by Crippen LogP contribution is 2.35. The predicted molar refractivity (Wildman–Crippen MR) is 68.2 cm³/mol. The number of nitrogens with two attached hydrogens (primary N) is 1. The van der Waals surface area contributed by atoms with Crippen LogP contribution in [0.2, 0.25) is 0 Å². The number of aromatic hydroxyl groups is 1. The number of halogens is 2. The zero-order valence-electron chi connectivity index (χ0n) is 10.2. The van der Waals surface area contributed by atoms with Gasteiger partial charge in [0.05, 0.1) is 7.11 Å². The van der Waals surface area contributed by atoms with Crippen LogP contribution in [-0.2, 0) is 0 Å². The molecule has 0 bridgehead atoms. The van der Waals surface area contributed by atoms with Crippen molar-refractivity contribution in [3.63, 3.8) is 0 Å². The molecule has 0 radical (unpaired) electrons. The van der Waals surface area contributed by atoms with Gasteiger partial charge in [-0.3, -0.25) is 0 Å². The van der Waals surface area contributed by atoms with E-state index in [1.54, 1.807) is 0 Å². The molecule has 3 nitrogen and oxygen atoms in total. The highest BCUT2D eigenvalue weighted by atomic mass is 35.5. The Bertz CT molecular complexity index is 372. The normalized spacial score (nSPS) is 12.1. The molecule has 0 saturated carbocycles. The highest BCUT2D eigenvalue weighted by molar-refractivity contribution is 5.85. The summed E-state index contributed by atoms with van der Waals surface area (Å²) >= 11 is 0. The summed E-state index contributed by atoms with van der Waals surface area (Å²) in [6, 6.07) is 2.01. The van der Waals surface area contributed by atoms with E-state index in [1.807, 2.05) is 13.8 Å². The van der Waals surface area contributed by atoms with Gasteiger partial charge in [-0.1, -0.05) is 13.8 Å². The molecule has 0 aliphatic carbocycles. The highest BCUT2D eigenvalue weighted by Gasteiger charge is 2.17. The Balaban J connectivity index is 0.00000256. The summed E-state index contributed by atoms with van der Waals surface area (Å²) in [6.07, 6.45) is 0.681. The van der Waals surface area contributed by atoms with E-state index >= 15 is 0 Å². The predicted octanol–water partition coefficient (Wildman–Crippen LogP) is 3.01. The van der Waals surface area contributed by atoms with Gasteiger partial charge in [-0.05, 0) is 18.4 Å². The third-order valence-electron chi connectivity index (χ3n) is 2.41. The van der Waals surface area contributed by atoms with Crippen molar-refractivity contribution in [2.45, 2.75) is 26.3 Å². The number of phenolic OH excluding ortho intramolecular Hbond substituents is 1. The number of hydrogen-bond acceptors (Lipinski definition) is 3. The molecule has 98 valence electrons. The summed E-state index contributed by atoms with van der Waals surface area (Å²) in [5.41, 5.74) is 6.30. The van der Waals surface area contributed by atoms with Crippen LogP contribution < -0.4 is 10.5 Å². The first-order chi connectivity index (χ1) is 7.45. The molecule has 17 heavy (non-hydrogen) atoms. The molecule has 1 aromatic rings. The maximum absolute atomic E-state index is 13.2. The SMILES string of the molecule is COc1cc(F)cc([C@H](N)CC(C)C)c1O.Cl.